The molecule has 0 bridgehead atoms. The monoisotopic (exact) mass is 396 g/mol. The van der Waals surface area contributed by atoms with Crippen molar-refractivity contribution in [3.63, 3.8) is 0 Å². The first-order valence-electron chi connectivity index (χ1n) is 10.4. The van der Waals surface area contributed by atoms with Crippen LogP contribution in [0, 0.1) is 17.2 Å². The number of rotatable bonds is 6. The van der Waals surface area contributed by atoms with E-state index in [1.54, 1.807) is 12.2 Å². The molecule has 2 unspecified atom stereocenters. The van der Waals surface area contributed by atoms with Crippen LogP contribution in [0.5, 0.6) is 0 Å². The molecule has 2 saturated heterocycles. The van der Waals surface area contributed by atoms with Crippen molar-refractivity contribution in [2.75, 3.05) is 39.8 Å². The second kappa shape index (κ2) is 10.8. The highest BCUT2D eigenvalue weighted by Crippen LogP contribution is 2.28. The van der Waals surface area contributed by atoms with E-state index in [0.717, 1.165) is 52.0 Å². The van der Waals surface area contributed by atoms with E-state index >= 15 is 0 Å². The summed E-state index contributed by atoms with van der Waals surface area (Å²) in [5.74, 6) is 1.05. The maximum Gasteiger partial charge on any atom is 0.117 e. The highest BCUT2D eigenvalue weighted by molar-refractivity contribution is 5.24. The predicted molar refractivity (Wildman–Crippen MR) is 120 cm³/mol. The van der Waals surface area contributed by atoms with Crippen LogP contribution in [0.1, 0.15) is 26.2 Å². The van der Waals surface area contributed by atoms with Crippen LogP contribution in [-0.4, -0.2) is 60.5 Å². The average Bonchev–Trinajstić information content (AvgIpc) is 3.21. The van der Waals surface area contributed by atoms with Gasteiger partial charge in [0, 0.05) is 50.4 Å². The van der Waals surface area contributed by atoms with Crippen molar-refractivity contribution in [1.29, 1.82) is 5.26 Å². The molecule has 2 atom stereocenters. The summed E-state index contributed by atoms with van der Waals surface area (Å²) < 4.78 is 0. The molecular weight excluding hydrogens is 360 g/mol. The Balaban J connectivity index is 1.95. The van der Waals surface area contributed by atoms with E-state index in [9.17, 15) is 0 Å². The van der Waals surface area contributed by atoms with E-state index in [1.807, 2.05) is 12.1 Å². The van der Waals surface area contributed by atoms with Gasteiger partial charge < -0.3 is 21.3 Å². The van der Waals surface area contributed by atoms with Crippen LogP contribution in [0.2, 0.25) is 0 Å². The summed E-state index contributed by atoms with van der Waals surface area (Å²) in [4.78, 5) is 7.03. The summed E-state index contributed by atoms with van der Waals surface area (Å²) in [6.07, 6.45) is 10.7. The molecule has 0 aromatic heterocycles. The Morgan fingerprint density at radius 2 is 1.86 bits per heavy atom. The molecule has 6 heteroatoms. The van der Waals surface area contributed by atoms with E-state index in [1.165, 1.54) is 11.3 Å². The van der Waals surface area contributed by atoms with Gasteiger partial charge in [-0.2, -0.15) is 5.26 Å². The molecule has 2 heterocycles. The molecule has 4 N–H and O–H groups in total. The highest BCUT2D eigenvalue weighted by atomic mass is 15.2. The van der Waals surface area contributed by atoms with Crippen molar-refractivity contribution in [3.8, 4) is 6.07 Å². The lowest BCUT2D eigenvalue weighted by molar-refractivity contribution is 0.180. The van der Waals surface area contributed by atoms with Gasteiger partial charge in [-0.25, -0.2) is 0 Å². The number of hydrogen-bond acceptors (Lipinski definition) is 6. The summed E-state index contributed by atoms with van der Waals surface area (Å²) >= 11 is 0. The lowest BCUT2D eigenvalue weighted by Crippen LogP contribution is -2.43. The smallest absolute Gasteiger partial charge is 0.117 e. The molecule has 0 spiro atoms. The number of allylic oxidation sites excluding steroid dienone is 4. The van der Waals surface area contributed by atoms with E-state index in [-0.39, 0.29) is 5.70 Å². The number of nitrogens with zero attached hydrogens (tertiary/aromatic N) is 4. The molecule has 0 aromatic carbocycles. The van der Waals surface area contributed by atoms with Crippen LogP contribution in [0.3, 0.4) is 0 Å². The zero-order valence-electron chi connectivity index (χ0n) is 18.0. The van der Waals surface area contributed by atoms with Crippen LogP contribution in [-0.2, 0) is 0 Å². The third-order valence-electron chi connectivity index (χ3n) is 6.11. The summed E-state index contributed by atoms with van der Waals surface area (Å²) in [6, 6.07) is 2.35. The topological polar surface area (TPSA) is 85.5 Å². The van der Waals surface area contributed by atoms with Gasteiger partial charge in [-0.15, -0.1) is 0 Å². The maximum atomic E-state index is 8.75. The largest absolute Gasteiger partial charge is 0.390 e. The number of likely N-dealkylation sites (N-methyl/N-ethyl adjacent to an activating group) is 1. The molecule has 2 fully saturated rings. The van der Waals surface area contributed by atoms with Gasteiger partial charge in [0.15, 0.2) is 0 Å². The maximum absolute atomic E-state index is 8.75. The second-order valence-electron chi connectivity index (χ2n) is 7.87. The fourth-order valence-corrected chi connectivity index (χ4v) is 4.24. The number of likely N-dealkylation sites (tertiary alicyclic amines) is 1. The Kier molecular flexibility index (Phi) is 8.41. The van der Waals surface area contributed by atoms with E-state index < -0.39 is 0 Å². The minimum absolute atomic E-state index is 0.161. The molecule has 0 radical (unpaired) electrons. The van der Waals surface area contributed by atoms with Crippen LogP contribution >= 0.6 is 0 Å². The summed E-state index contributed by atoms with van der Waals surface area (Å²) in [7, 11) is 2.20. The zero-order valence-corrected chi connectivity index (χ0v) is 18.0. The van der Waals surface area contributed by atoms with E-state index in [0.29, 0.717) is 17.8 Å². The molecular formula is C23H36N6. The van der Waals surface area contributed by atoms with Gasteiger partial charge in [0.25, 0.3) is 0 Å². The predicted octanol–water partition coefficient (Wildman–Crippen LogP) is 2.52. The van der Waals surface area contributed by atoms with Crippen LogP contribution in [0.15, 0.2) is 60.3 Å². The fourth-order valence-electron chi connectivity index (χ4n) is 4.24. The SMILES string of the molecule is C=C/C(=C\C)C1CCCN(C(=C)C2CCN(/C(N)=C/C=C(\N)C#N)C2)CCN1C. The number of nitriles is 1. The molecule has 158 valence electrons. The number of nitrogens with two attached hydrogens (primary N) is 2. The van der Waals surface area contributed by atoms with Gasteiger partial charge in [-0.1, -0.05) is 25.3 Å². The first-order chi connectivity index (χ1) is 13.9. The molecule has 0 aliphatic carbocycles. The Morgan fingerprint density at radius 1 is 1.10 bits per heavy atom. The lowest BCUT2D eigenvalue weighted by atomic mass is 9.98. The van der Waals surface area contributed by atoms with E-state index in [2.05, 4.69) is 47.9 Å². The molecule has 2 rings (SSSR count). The minimum atomic E-state index is 0.161. The lowest BCUT2D eigenvalue weighted by Gasteiger charge is -2.38. The second-order valence-corrected chi connectivity index (χ2v) is 7.87. The third-order valence-corrected chi connectivity index (χ3v) is 6.11. The van der Waals surface area contributed by atoms with Crippen molar-refractivity contribution in [2.24, 2.45) is 17.4 Å². The Hall–Kier alpha value is -2.65. The summed E-state index contributed by atoms with van der Waals surface area (Å²) in [5.41, 5.74) is 14.4. The van der Waals surface area contributed by atoms with Gasteiger partial charge in [0.1, 0.15) is 11.8 Å². The van der Waals surface area contributed by atoms with Crippen molar-refractivity contribution in [3.05, 3.63) is 60.3 Å². The molecule has 0 saturated carbocycles. The average molecular weight is 397 g/mol. The molecule has 29 heavy (non-hydrogen) atoms. The van der Waals surface area contributed by atoms with Gasteiger partial charge in [0.05, 0.1) is 5.82 Å². The molecule has 2 aliphatic rings. The van der Waals surface area contributed by atoms with Crippen LogP contribution < -0.4 is 11.5 Å². The first kappa shape index (κ1) is 22.6. The van der Waals surface area contributed by atoms with Crippen molar-refractivity contribution in [1.82, 2.24) is 14.7 Å². The Bertz CT molecular complexity index is 726. The standard InChI is InChI=1S/C23H36N6/c1-5-19(6-2)22-8-7-12-28(15-14-27(22)4)18(3)20-11-13-29(17-20)23(26)10-9-21(25)16-24/h5-6,9-10,20,22H,1,3,7-8,11-15,17,25-26H2,2,4H3/b19-6+,21-9-,23-10+. The fraction of sp³-hybridized carbons (Fsp3) is 0.522. The van der Waals surface area contributed by atoms with E-state index in [4.69, 9.17) is 16.7 Å². The normalized spacial score (nSPS) is 25.3. The third kappa shape index (κ3) is 5.91. The molecule has 2 aliphatic heterocycles. The van der Waals surface area contributed by atoms with Gasteiger partial charge in [0.2, 0.25) is 0 Å². The van der Waals surface area contributed by atoms with Gasteiger partial charge in [-0.3, -0.25) is 4.90 Å². The first-order valence-corrected chi connectivity index (χ1v) is 10.4. The quantitative estimate of drug-likeness (QED) is 0.530. The molecule has 6 nitrogen and oxygen atoms in total. The summed E-state index contributed by atoms with van der Waals surface area (Å²) in [5, 5.41) is 8.75. The van der Waals surface area contributed by atoms with Crippen molar-refractivity contribution < 1.29 is 0 Å². The number of hydrogen-bond donors (Lipinski definition) is 2. The van der Waals surface area contributed by atoms with Gasteiger partial charge >= 0.3 is 0 Å². The highest BCUT2D eigenvalue weighted by Gasteiger charge is 2.29. The zero-order chi connectivity index (χ0) is 21.4. The van der Waals surface area contributed by atoms with Crippen molar-refractivity contribution in [2.45, 2.75) is 32.2 Å². The van der Waals surface area contributed by atoms with Crippen LogP contribution in [0.4, 0.5) is 0 Å². The van der Waals surface area contributed by atoms with Crippen LogP contribution in [0.25, 0.3) is 0 Å². The Morgan fingerprint density at radius 3 is 2.52 bits per heavy atom. The molecule has 0 aromatic rings. The summed E-state index contributed by atoms with van der Waals surface area (Å²) in [6.45, 7) is 15.3. The Labute approximate surface area is 176 Å². The molecule has 0 amide bonds. The van der Waals surface area contributed by atoms with Crippen molar-refractivity contribution >= 4 is 0 Å². The minimum Gasteiger partial charge on any atom is -0.390 e. The van der Waals surface area contributed by atoms with Gasteiger partial charge in [-0.05, 0) is 51.0 Å².